The number of hydrogen-bond acceptors (Lipinski definition) is 5. The third-order valence-corrected chi connectivity index (χ3v) is 5.57. The molecule has 0 saturated carbocycles. The maximum atomic E-state index is 12.5. The van der Waals surface area contributed by atoms with Gasteiger partial charge < -0.3 is 4.90 Å². The molecule has 0 bridgehead atoms. The quantitative estimate of drug-likeness (QED) is 0.814. The van der Waals surface area contributed by atoms with Gasteiger partial charge in [0.25, 0.3) is 0 Å². The molecule has 0 aliphatic carbocycles. The van der Waals surface area contributed by atoms with Crippen LogP contribution in [0.5, 0.6) is 0 Å². The van der Waals surface area contributed by atoms with Gasteiger partial charge in [0.1, 0.15) is 10.7 Å². The van der Waals surface area contributed by atoms with E-state index in [0.717, 1.165) is 5.82 Å². The average Bonchev–Trinajstić information content (AvgIpc) is 2.85. The van der Waals surface area contributed by atoms with Crippen molar-refractivity contribution in [2.75, 3.05) is 25.0 Å². The lowest BCUT2D eigenvalue weighted by Crippen LogP contribution is -2.59. The Kier molecular flexibility index (Phi) is 3.42. The summed E-state index contributed by atoms with van der Waals surface area (Å²) in [7, 11) is -0.168. The van der Waals surface area contributed by atoms with Crippen molar-refractivity contribution in [1.29, 1.82) is 0 Å². The number of hydrogen-bond donors (Lipinski definition) is 0. The van der Waals surface area contributed by atoms with E-state index in [0.29, 0.717) is 13.1 Å². The maximum absolute atomic E-state index is 12.5. The highest BCUT2D eigenvalue weighted by molar-refractivity contribution is 7.89. The second-order valence-electron chi connectivity index (χ2n) is 5.12. The third-order valence-electron chi connectivity index (χ3n) is 3.71. The topological polar surface area (TPSA) is 71.3 Å². The monoisotopic (exact) mass is 307 g/mol. The molecule has 3 heterocycles. The van der Waals surface area contributed by atoms with E-state index in [9.17, 15) is 8.42 Å². The lowest BCUT2D eigenvalue weighted by molar-refractivity contribution is 0.309. The number of nitrogens with zero attached hydrogens (tertiary/aromatic N) is 5. The Labute approximate surface area is 123 Å². The van der Waals surface area contributed by atoms with Crippen molar-refractivity contribution in [3.8, 4) is 0 Å². The normalized spacial score (nSPS) is 16.2. The summed E-state index contributed by atoms with van der Waals surface area (Å²) in [6, 6.07) is 5.66. The molecule has 7 nitrogen and oxygen atoms in total. The number of aromatic nitrogens is 3. The molecule has 0 aromatic carbocycles. The summed E-state index contributed by atoms with van der Waals surface area (Å²) in [6.45, 7) is 1.29. The van der Waals surface area contributed by atoms with Crippen molar-refractivity contribution in [3.05, 3.63) is 36.8 Å². The van der Waals surface area contributed by atoms with Crippen LogP contribution in [-0.2, 0) is 17.1 Å². The summed E-state index contributed by atoms with van der Waals surface area (Å²) in [5, 5.41) is 3.92. The molecular weight excluding hydrogens is 290 g/mol. The van der Waals surface area contributed by atoms with Crippen LogP contribution in [0.4, 0.5) is 5.82 Å². The molecule has 0 amide bonds. The number of pyridine rings is 1. The molecule has 1 saturated heterocycles. The van der Waals surface area contributed by atoms with Gasteiger partial charge in [-0.2, -0.15) is 9.40 Å². The van der Waals surface area contributed by atoms with Gasteiger partial charge >= 0.3 is 0 Å². The van der Waals surface area contributed by atoms with Crippen molar-refractivity contribution >= 4 is 15.8 Å². The standard InChI is InChI=1S/C13H17N5O2S/c1-16-10-12(7-15-16)21(19,20)17(2)11-8-18(9-11)13-5-3-4-6-14-13/h3-7,10-11H,8-9H2,1-2H3. The minimum absolute atomic E-state index is 0.0442. The molecule has 0 radical (unpaired) electrons. The average molecular weight is 307 g/mol. The summed E-state index contributed by atoms with van der Waals surface area (Å²) >= 11 is 0. The molecule has 0 N–H and O–H groups in total. The van der Waals surface area contributed by atoms with Gasteiger partial charge in [-0.05, 0) is 12.1 Å². The zero-order valence-corrected chi connectivity index (χ0v) is 12.7. The highest BCUT2D eigenvalue weighted by Gasteiger charge is 2.37. The first kappa shape index (κ1) is 14.0. The van der Waals surface area contributed by atoms with Crippen LogP contribution in [0.2, 0.25) is 0 Å². The Bertz CT molecular complexity index is 722. The number of aryl methyl sites for hydroxylation is 1. The highest BCUT2D eigenvalue weighted by atomic mass is 32.2. The van der Waals surface area contributed by atoms with E-state index in [4.69, 9.17) is 0 Å². The molecule has 2 aromatic heterocycles. The summed E-state index contributed by atoms with van der Waals surface area (Å²) in [5.41, 5.74) is 0. The Hall–Kier alpha value is -1.93. The number of anilines is 1. The number of sulfonamides is 1. The molecule has 8 heteroatoms. The van der Waals surface area contributed by atoms with Crippen molar-refractivity contribution in [2.45, 2.75) is 10.9 Å². The Morgan fingerprint density at radius 1 is 1.33 bits per heavy atom. The first-order valence-corrected chi connectivity index (χ1v) is 8.05. The van der Waals surface area contributed by atoms with E-state index < -0.39 is 10.0 Å². The van der Waals surface area contributed by atoms with Gasteiger partial charge in [-0.15, -0.1) is 0 Å². The van der Waals surface area contributed by atoms with E-state index in [2.05, 4.69) is 15.0 Å². The van der Waals surface area contributed by atoms with Crippen molar-refractivity contribution in [2.24, 2.45) is 7.05 Å². The van der Waals surface area contributed by atoms with Gasteiger partial charge in [0.05, 0.1) is 12.2 Å². The minimum Gasteiger partial charge on any atom is -0.353 e. The van der Waals surface area contributed by atoms with E-state index in [-0.39, 0.29) is 10.9 Å². The predicted molar refractivity (Wildman–Crippen MR) is 78.4 cm³/mol. The van der Waals surface area contributed by atoms with Crippen LogP contribution in [0, 0.1) is 0 Å². The van der Waals surface area contributed by atoms with Crippen LogP contribution in [0.3, 0.4) is 0 Å². The zero-order chi connectivity index (χ0) is 15.0. The van der Waals surface area contributed by atoms with Crippen LogP contribution in [0.25, 0.3) is 0 Å². The molecule has 21 heavy (non-hydrogen) atoms. The van der Waals surface area contributed by atoms with Crippen molar-refractivity contribution in [1.82, 2.24) is 19.1 Å². The second kappa shape index (κ2) is 5.12. The number of rotatable bonds is 4. The fourth-order valence-corrected chi connectivity index (χ4v) is 3.63. The molecule has 3 rings (SSSR count). The van der Waals surface area contributed by atoms with Crippen molar-refractivity contribution in [3.63, 3.8) is 0 Å². The second-order valence-corrected chi connectivity index (χ2v) is 7.12. The summed E-state index contributed by atoms with van der Waals surface area (Å²) in [5.74, 6) is 0.876. The Morgan fingerprint density at radius 2 is 2.10 bits per heavy atom. The molecule has 0 spiro atoms. The van der Waals surface area contributed by atoms with Gasteiger partial charge in [0.2, 0.25) is 10.0 Å². The van der Waals surface area contributed by atoms with Gasteiger partial charge in [0, 0.05) is 39.6 Å². The lowest BCUT2D eigenvalue weighted by Gasteiger charge is -2.43. The molecule has 1 fully saturated rings. The van der Waals surface area contributed by atoms with E-state index in [1.165, 1.54) is 21.4 Å². The minimum atomic E-state index is -3.48. The third kappa shape index (κ3) is 2.52. The Balaban J connectivity index is 1.69. The molecule has 112 valence electrons. The van der Waals surface area contributed by atoms with Crippen LogP contribution in [-0.4, -0.2) is 53.7 Å². The smallest absolute Gasteiger partial charge is 0.246 e. The molecule has 0 atom stereocenters. The van der Waals surface area contributed by atoms with Gasteiger partial charge in [-0.3, -0.25) is 4.68 Å². The van der Waals surface area contributed by atoms with Crippen LogP contribution in [0.15, 0.2) is 41.7 Å². The molecule has 0 unspecified atom stereocenters. The fourth-order valence-electron chi connectivity index (χ4n) is 2.31. The molecule has 1 aliphatic heterocycles. The van der Waals surface area contributed by atoms with E-state index in [1.807, 2.05) is 18.2 Å². The largest absolute Gasteiger partial charge is 0.353 e. The Morgan fingerprint density at radius 3 is 2.67 bits per heavy atom. The SMILES string of the molecule is CN(C1CN(c2ccccn2)C1)S(=O)(=O)c1cnn(C)c1. The fraction of sp³-hybridized carbons (Fsp3) is 0.385. The first-order valence-electron chi connectivity index (χ1n) is 6.61. The predicted octanol–water partition coefficient (Wildman–Crippen LogP) is 0.324. The number of likely N-dealkylation sites (N-methyl/N-ethyl adjacent to an activating group) is 1. The van der Waals surface area contributed by atoms with E-state index in [1.54, 1.807) is 20.3 Å². The first-order chi connectivity index (χ1) is 9.98. The van der Waals surface area contributed by atoms with Crippen LogP contribution < -0.4 is 4.90 Å². The molecular formula is C13H17N5O2S. The van der Waals surface area contributed by atoms with Crippen LogP contribution >= 0.6 is 0 Å². The highest BCUT2D eigenvalue weighted by Crippen LogP contribution is 2.24. The molecule has 2 aromatic rings. The lowest BCUT2D eigenvalue weighted by atomic mass is 10.1. The maximum Gasteiger partial charge on any atom is 0.246 e. The van der Waals surface area contributed by atoms with Gasteiger partial charge in [0.15, 0.2) is 0 Å². The zero-order valence-electron chi connectivity index (χ0n) is 11.9. The summed E-state index contributed by atoms with van der Waals surface area (Å²) in [4.78, 5) is 6.54. The summed E-state index contributed by atoms with van der Waals surface area (Å²) < 4.78 is 27.8. The van der Waals surface area contributed by atoms with Gasteiger partial charge in [-0.1, -0.05) is 6.07 Å². The van der Waals surface area contributed by atoms with Crippen molar-refractivity contribution < 1.29 is 8.42 Å². The van der Waals surface area contributed by atoms with E-state index >= 15 is 0 Å². The summed E-state index contributed by atoms with van der Waals surface area (Å²) in [6.07, 6.45) is 4.63. The molecule has 1 aliphatic rings. The van der Waals surface area contributed by atoms with Gasteiger partial charge in [-0.25, -0.2) is 13.4 Å². The van der Waals surface area contributed by atoms with Crippen LogP contribution in [0.1, 0.15) is 0 Å².